The van der Waals surface area contributed by atoms with Crippen LogP contribution < -0.4 is 9.84 Å². The van der Waals surface area contributed by atoms with Crippen molar-refractivity contribution in [3.63, 3.8) is 0 Å². The van der Waals surface area contributed by atoms with Gasteiger partial charge in [-0.2, -0.15) is 0 Å². The summed E-state index contributed by atoms with van der Waals surface area (Å²) in [7, 11) is 0. The molecule has 4 nitrogen and oxygen atoms in total. The summed E-state index contributed by atoms with van der Waals surface area (Å²) >= 11 is 0. The van der Waals surface area contributed by atoms with Gasteiger partial charge in [0.25, 0.3) is 0 Å². The number of esters is 1. The molecule has 90 valence electrons. The summed E-state index contributed by atoms with van der Waals surface area (Å²) in [6.45, 7) is 0. The number of hydrogen-bond acceptors (Lipinski definition) is 4. The van der Waals surface area contributed by atoms with Crippen molar-refractivity contribution in [1.82, 2.24) is 0 Å². The zero-order chi connectivity index (χ0) is 13.0. The molecule has 0 unspecified atom stereocenters. The summed E-state index contributed by atoms with van der Waals surface area (Å²) in [5.74, 6) is -1.53. The van der Waals surface area contributed by atoms with Crippen molar-refractivity contribution in [2.24, 2.45) is 0 Å². The molecule has 18 heavy (non-hydrogen) atoms. The Labute approximate surface area is 103 Å². The largest absolute Gasteiger partial charge is 0.545 e. The van der Waals surface area contributed by atoms with Crippen LogP contribution in [0.1, 0.15) is 20.7 Å². The van der Waals surface area contributed by atoms with E-state index in [9.17, 15) is 14.7 Å². The molecule has 2 aromatic rings. The van der Waals surface area contributed by atoms with Gasteiger partial charge < -0.3 is 14.6 Å². The lowest BCUT2D eigenvalue weighted by molar-refractivity contribution is -0.255. The molecule has 0 atom stereocenters. The van der Waals surface area contributed by atoms with Gasteiger partial charge in [-0.15, -0.1) is 0 Å². The molecule has 0 fully saturated rings. The normalized spacial score (nSPS) is 9.78. The lowest BCUT2D eigenvalue weighted by atomic mass is 10.1. The van der Waals surface area contributed by atoms with Gasteiger partial charge in [0.1, 0.15) is 5.75 Å². The fraction of sp³-hybridized carbons (Fsp3) is 0. The second-order valence-corrected chi connectivity index (χ2v) is 3.57. The Balaban J connectivity index is 2.19. The van der Waals surface area contributed by atoms with E-state index in [2.05, 4.69) is 0 Å². The monoisotopic (exact) mass is 241 g/mol. The molecule has 0 radical (unpaired) electrons. The molecule has 0 amide bonds. The second-order valence-electron chi connectivity index (χ2n) is 3.57. The van der Waals surface area contributed by atoms with E-state index in [1.807, 2.05) is 0 Å². The minimum Gasteiger partial charge on any atom is -0.545 e. The molecular formula is C14H9O4-. The van der Waals surface area contributed by atoms with Crippen LogP contribution in [-0.2, 0) is 0 Å². The van der Waals surface area contributed by atoms with Gasteiger partial charge in [0, 0.05) is 0 Å². The predicted molar refractivity (Wildman–Crippen MR) is 62.2 cm³/mol. The molecule has 0 saturated carbocycles. The summed E-state index contributed by atoms with van der Waals surface area (Å²) in [6.07, 6.45) is 0. The second kappa shape index (κ2) is 5.14. The van der Waals surface area contributed by atoms with Crippen molar-refractivity contribution >= 4 is 11.9 Å². The number of ether oxygens (including phenoxy) is 1. The smallest absolute Gasteiger partial charge is 0.343 e. The van der Waals surface area contributed by atoms with Gasteiger partial charge in [-0.05, 0) is 29.8 Å². The highest BCUT2D eigenvalue weighted by Gasteiger charge is 2.09. The van der Waals surface area contributed by atoms with Gasteiger partial charge in [0.15, 0.2) is 0 Å². The fourth-order valence-corrected chi connectivity index (χ4v) is 1.43. The zero-order valence-electron chi connectivity index (χ0n) is 9.33. The molecule has 0 aliphatic rings. The standard InChI is InChI=1S/C14H10O4/c15-13(16)10-5-4-6-11(9-10)14(17)18-12-7-2-1-3-8-12/h1-9H,(H,15,16)/p-1. The molecule has 0 N–H and O–H groups in total. The van der Waals surface area contributed by atoms with Crippen LogP contribution in [0, 0.1) is 0 Å². The van der Waals surface area contributed by atoms with E-state index in [0.29, 0.717) is 5.75 Å². The van der Waals surface area contributed by atoms with Gasteiger partial charge in [-0.1, -0.05) is 30.3 Å². The highest BCUT2D eigenvalue weighted by Crippen LogP contribution is 2.12. The number of para-hydroxylation sites is 1. The van der Waals surface area contributed by atoms with E-state index < -0.39 is 11.9 Å². The maximum atomic E-state index is 11.8. The minimum absolute atomic E-state index is 0.0579. The van der Waals surface area contributed by atoms with Crippen LogP contribution in [0.4, 0.5) is 0 Å². The maximum Gasteiger partial charge on any atom is 0.343 e. The molecule has 4 heteroatoms. The van der Waals surface area contributed by atoms with Crippen molar-refractivity contribution in [3.05, 3.63) is 65.7 Å². The van der Waals surface area contributed by atoms with Crippen molar-refractivity contribution in [3.8, 4) is 5.75 Å². The van der Waals surface area contributed by atoms with Gasteiger partial charge >= 0.3 is 5.97 Å². The SMILES string of the molecule is O=C([O-])c1cccc(C(=O)Oc2ccccc2)c1. The van der Waals surface area contributed by atoms with Crippen molar-refractivity contribution in [2.75, 3.05) is 0 Å². The number of aromatic carboxylic acids is 1. The van der Waals surface area contributed by atoms with E-state index in [4.69, 9.17) is 4.74 Å². The Kier molecular flexibility index (Phi) is 3.38. The number of carboxylic acid groups (broad SMARTS) is 1. The maximum absolute atomic E-state index is 11.8. The number of hydrogen-bond donors (Lipinski definition) is 0. The van der Waals surface area contributed by atoms with Crippen LogP contribution in [0.3, 0.4) is 0 Å². The van der Waals surface area contributed by atoms with E-state index in [1.54, 1.807) is 30.3 Å². The summed E-state index contributed by atoms with van der Waals surface area (Å²) in [4.78, 5) is 22.4. The first kappa shape index (κ1) is 11.9. The summed E-state index contributed by atoms with van der Waals surface area (Å²) < 4.78 is 5.08. The predicted octanol–water partition coefficient (Wildman–Crippen LogP) is 1.27. The molecule has 0 saturated heterocycles. The number of carbonyl (C=O) groups is 2. The number of rotatable bonds is 3. The first-order valence-corrected chi connectivity index (χ1v) is 5.25. The first-order chi connectivity index (χ1) is 8.66. The Hall–Kier alpha value is -2.62. The van der Waals surface area contributed by atoms with E-state index in [-0.39, 0.29) is 11.1 Å². The Morgan fingerprint density at radius 2 is 1.56 bits per heavy atom. The number of benzene rings is 2. The van der Waals surface area contributed by atoms with Gasteiger partial charge in [-0.25, -0.2) is 4.79 Å². The third-order valence-corrected chi connectivity index (χ3v) is 2.29. The van der Waals surface area contributed by atoms with E-state index in [1.165, 1.54) is 24.3 Å². The lowest BCUT2D eigenvalue weighted by Crippen LogP contribution is -2.22. The van der Waals surface area contributed by atoms with Gasteiger partial charge in [0.2, 0.25) is 0 Å². The minimum atomic E-state index is -1.33. The Morgan fingerprint density at radius 1 is 0.889 bits per heavy atom. The molecule has 0 spiro atoms. The van der Waals surface area contributed by atoms with Crippen LogP contribution in [0.25, 0.3) is 0 Å². The quantitative estimate of drug-likeness (QED) is 0.599. The van der Waals surface area contributed by atoms with Gasteiger partial charge in [0.05, 0.1) is 11.5 Å². The molecule has 0 bridgehead atoms. The number of carboxylic acids is 1. The van der Waals surface area contributed by atoms with E-state index >= 15 is 0 Å². The van der Waals surface area contributed by atoms with Crippen molar-refractivity contribution < 1.29 is 19.4 Å². The van der Waals surface area contributed by atoms with Crippen LogP contribution in [-0.4, -0.2) is 11.9 Å². The summed E-state index contributed by atoms with van der Waals surface area (Å²) in [5, 5.41) is 10.7. The topological polar surface area (TPSA) is 66.4 Å². The summed E-state index contributed by atoms with van der Waals surface area (Å²) in [6, 6.07) is 14.1. The molecule has 0 aliphatic heterocycles. The van der Waals surface area contributed by atoms with Crippen molar-refractivity contribution in [2.45, 2.75) is 0 Å². The van der Waals surface area contributed by atoms with Crippen LogP contribution in [0.15, 0.2) is 54.6 Å². The molecule has 2 aromatic carbocycles. The first-order valence-electron chi connectivity index (χ1n) is 5.25. The van der Waals surface area contributed by atoms with Crippen molar-refractivity contribution in [1.29, 1.82) is 0 Å². The van der Waals surface area contributed by atoms with E-state index in [0.717, 1.165) is 0 Å². The average molecular weight is 241 g/mol. The zero-order valence-corrected chi connectivity index (χ0v) is 9.33. The molecule has 0 aliphatic carbocycles. The van der Waals surface area contributed by atoms with Crippen LogP contribution in [0.5, 0.6) is 5.75 Å². The summed E-state index contributed by atoms with van der Waals surface area (Å²) in [5.41, 5.74) is 0.109. The Bertz CT molecular complexity index is 575. The Morgan fingerprint density at radius 3 is 2.22 bits per heavy atom. The third-order valence-electron chi connectivity index (χ3n) is 2.29. The molecule has 0 aromatic heterocycles. The lowest BCUT2D eigenvalue weighted by Gasteiger charge is -2.06. The fourth-order valence-electron chi connectivity index (χ4n) is 1.43. The molecule has 0 heterocycles. The van der Waals surface area contributed by atoms with Crippen LogP contribution >= 0.6 is 0 Å². The molecular weight excluding hydrogens is 232 g/mol. The van der Waals surface area contributed by atoms with Gasteiger partial charge in [-0.3, -0.25) is 0 Å². The highest BCUT2D eigenvalue weighted by atomic mass is 16.5. The molecule has 2 rings (SSSR count). The third kappa shape index (κ3) is 2.74. The number of carbonyl (C=O) groups excluding carboxylic acids is 2. The van der Waals surface area contributed by atoms with Crippen LogP contribution in [0.2, 0.25) is 0 Å². The average Bonchev–Trinajstić information content (AvgIpc) is 2.40. The highest BCUT2D eigenvalue weighted by molar-refractivity contribution is 5.94.